The monoisotopic (exact) mass is 474 g/mol. The first-order chi connectivity index (χ1) is 15.0. The van der Waals surface area contributed by atoms with Gasteiger partial charge in [0, 0.05) is 10.0 Å². The molecule has 4 rings (SSSR count). The number of halogens is 1. The van der Waals surface area contributed by atoms with Gasteiger partial charge in [-0.05, 0) is 48.9 Å². The van der Waals surface area contributed by atoms with Gasteiger partial charge >= 0.3 is 0 Å². The van der Waals surface area contributed by atoms with Crippen molar-refractivity contribution in [3.05, 3.63) is 101 Å². The van der Waals surface area contributed by atoms with Crippen LogP contribution in [-0.2, 0) is 4.79 Å². The van der Waals surface area contributed by atoms with Crippen molar-refractivity contribution < 1.29 is 9.59 Å². The van der Waals surface area contributed by atoms with E-state index in [1.54, 1.807) is 31.2 Å². The van der Waals surface area contributed by atoms with E-state index >= 15 is 0 Å². The van der Waals surface area contributed by atoms with E-state index in [0.717, 1.165) is 10.0 Å². The van der Waals surface area contributed by atoms with Crippen molar-refractivity contribution in [3.8, 4) is 0 Å². The molecular weight excluding hydrogens is 456 g/mol. The number of hydrogen-bond acceptors (Lipinski definition) is 4. The van der Waals surface area contributed by atoms with Gasteiger partial charge in [0.15, 0.2) is 0 Å². The van der Waals surface area contributed by atoms with Gasteiger partial charge in [0.1, 0.15) is 5.92 Å². The van der Waals surface area contributed by atoms with Crippen molar-refractivity contribution in [2.75, 3.05) is 5.01 Å². The summed E-state index contributed by atoms with van der Waals surface area (Å²) in [5.41, 5.74) is 5.53. The Morgan fingerprint density at radius 2 is 1.55 bits per heavy atom. The molecule has 7 heteroatoms. The summed E-state index contributed by atoms with van der Waals surface area (Å²) in [5, 5.41) is 10.2. The largest absolute Gasteiger partial charge is 0.271 e. The van der Waals surface area contributed by atoms with Gasteiger partial charge in [0.05, 0.1) is 17.1 Å². The molecule has 1 N–H and O–H groups in total. The molecule has 0 saturated carbocycles. The summed E-state index contributed by atoms with van der Waals surface area (Å²) in [4.78, 5) is 25.9. The molecule has 1 atom stereocenters. The minimum absolute atomic E-state index is 0.218. The van der Waals surface area contributed by atoms with Crippen LogP contribution in [0.4, 0.5) is 5.69 Å². The molecule has 0 aromatic heterocycles. The molecule has 0 aliphatic carbocycles. The summed E-state index contributed by atoms with van der Waals surface area (Å²) in [5.74, 6) is -1.28. The number of nitrogens with one attached hydrogen (secondary N) is 1. The predicted molar refractivity (Wildman–Crippen MR) is 125 cm³/mol. The van der Waals surface area contributed by atoms with Crippen molar-refractivity contribution in [2.45, 2.75) is 6.92 Å². The van der Waals surface area contributed by atoms with Gasteiger partial charge in [-0.3, -0.25) is 9.59 Å². The zero-order valence-electron chi connectivity index (χ0n) is 16.7. The molecule has 31 heavy (non-hydrogen) atoms. The van der Waals surface area contributed by atoms with Gasteiger partial charge in [0.2, 0.25) is 0 Å². The number of nitrogens with zero attached hydrogens (tertiary/aromatic N) is 3. The van der Waals surface area contributed by atoms with E-state index < -0.39 is 5.92 Å². The summed E-state index contributed by atoms with van der Waals surface area (Å²) in [6.07, 6.45) is 0. The van der Waals surface area contributed by atoms with Crippen LogP contribution in [-0.4, -0.2) is 23.2 Å². The molecule has 2 amide bonds. The normalized spacial score (nSPS) is 16.3. The first kappa shape index (κ1) is 20.7. The molecule has 154 valence electrons. The highest BCUT2D eigenvalue weighted by molar-refractivity contribution is 9.10. The molecule has 3 aromatic rings. The second-order valence-corrected chi connectivity index (χ2v) is 7.89. The zero-order valence-corrected chi connectivity index (χ0v) is 18.3. The van der Waals surface area contributed by atoms with Crippen molar-refractivity contribution in [1.82, 2.24) is 5.43 Å². The van der Waals surface area contributed by atoms with Crippen molar-refractivity contribution in [3.63, 3.8) is 0 Å². The van der Waals surface area contributed by atoms with Gasteiger partial charge in [0.25, 0.3) is 11.8 Å². The maximum atomic E-state index is 13.3. The number of carbonyl (C=O) groups is 2. The number of carbonyl (C=O) groups excluding carboxylic acids is 2. The molecule has 1 heterocycles. The van der Waals surface area contributed by atoms with Crippen LogP contribution in [0.25, 0.3) is 0 Å². The first-order valence-corrected chi connectivity index (χ1v) is 10.5. The fourth-order valence-electron chi connectivity index (χ4n) is 3.32. The van der Waals surface area contributed by atoms with Crippen LogP contribution in [0.5, 0.6) is 0 Å². The number of rotatable bonds is 5. The zero-order chi connectivity index (χ0) is 21.8. The Bertz CT molecular complexity index is 1160. The lowest BCUT2D eigenvalue weighted by Gasteiger charge is -2.16. The molecule has 6 nitrogen and oxygen atoms in total. The lowest BCUT2D eigenvalue weighted by molar-refractivity contribution is -0.118. The highest BCUT2D eigenvalue weighted by Gasteiger charge is 2.38. The van der Waals surface area contributed by atoms with Gasteiger partial charge in [-0.15, -0.1) is 0 Å². The Hall–Kier alpha value is -3.58. The smallest absolute Gasteiger partial charge is 0.271 e. The maximum Gasteiger partial charge on any atom is 0.271 e. The Balaban J connectivity index is 1.67. The number of hydrogen-bond donors (Lipinski definition) is 1. The van der Waals surface area contributed by atoms with Gasteiger partial charge in [-0.1, -0.05) is 64.5 Å². The van der Waals surface area contributed by atoms with E-state index in [9.17, 15) is 9.59 Å². The second kappa shape index (κ2) is 9.06. The Morgan fingerprint density at radius 1 is 0.935 bits per heavy atom. The van der Waals surface area contributed by atoms with E-state index in [1.165, 1.54) is 5.01 Å². The summed E-state index contributed by atoms with van der Waals surface area (Å²) in [6.45, 7) is 1.79. The van der Waals surface area contributed by atoms with Gasteiger partial charge in [-0.2, -0.15) is 15.2 Å². The Labute approximate surface area is 188 Å². The molecule has 0 spiro atoms. The number of amides is 2. The first-order valence-electron chi connectivity index (χ1n) is 9.67. The highest BCUT2D eigenvalue weighted by atomic mass is 79.9. The van der Waals surface area contributed by atoms with Crippen LogP contribution >= 0.6 is 15.9 Å². The number of hydrazone groups is 2. The third-order valence-corrected chi connectivity index (χ3v) is 5.39. The highest BCUT2D eigenvalue weighted by Crippen LogP contribution is 2.26. The minimum Gasteiger partial charge on any atom is -0.271 e. The fraction of sp³-hybridized carbons (Fsp3) is 0.0833. The third-order valence-electron chi connectivity index (χ3n) is 4.86. The lowest BCUT2D eigenvalue weighted by Crippen LogP contribution is -2.35. The minimum atomic E-state index is -0.701. The molecule has 0 radical (unpaired) electrons. The molecule has 1 aliphatic heterocycles. The van der Waals surface area contributed by atoms with Crippen LogP contribution in [0, 0.1) is 5.92 Å². The Kier molecular flexibility index (Phi) is 6.04. The third kappa shape index (κ3) is 4.46. The molecule has 1 aliphatic rings. The molecule has 3 aromatic carbocycles. The number of benzene rings is 3. The molecule has 0 saturated heterocycles. The van der Waals surface area contributed by atoms with E-state index in [0.29, 0.717) is 22.7 Å². The van der Waals surface area contributed by atoms with Crippen LogP contribution in [0.2, 0.25) is 0 Å². The fourth-order valence-corrected chi connectivity index (χ4v) is 3.58. The standard InChI is InChI=1S/C24H19BrN4O2/c1-16-21(24(31)29(28-16)20-10-6-3-7-11-20)22(17-8-4-2-5-9-17)26-27-23(30)18-12-14-19(25)15-13-18/h2-15,21H,1H3,(H,27,30)/b26-22+. The van der Waals surface area contributed by atoms with Gasteiger partial charge < -0.3 is 0 Å². The van der Waals surface area contributed by atoms with E-state index in [2.05, 4.69) is 31.6 Å². The Morgan fingerprint density at radius 3 is 2.19 bits per heavy atom. The van der Waals surface area contributed by atoms with Gasteiger partial charge in [-0.25, -0.2) is 5.43 Å². The van der Waals surface area contributed by atoms with E-state index in [-0.39, 0.29) is 11.8 Å². The van der Waals surface area contributed by atoms with Crippen LogP contribution < -0.4 is 10.4 Å². The summed E-state index contributed by atoms with van der Waals surface area (Å²) in [6, 6.07) is 25.5. The van der Waals surface area contributed by atoms with Crippen molar-refractivity contribution >= 4 is 44.9 Å². The van der Waals surface area contributed by atoms with Crippen LogP contribution in [0.1, 0.15) is 22.8 Å². The maximum absolute atomic E-state index is 13.3. The quantitative estimate of drug-likeness (QED) is 0.432. The van der Waals surface area contributed by atoms with Crippen LogP contribution in [0.15, 0.2) is 99.6 Å². The van der Waals surface area contributed by atoms with Crippen molar-refractivity contribution in [2.24, 2.45) is 16.1 Å². The molecule has 0 bridgehead atoms. The average molecular weight is 475 g/mol. The van der Waals surface area contributed by atoms with Crippen molar-refractivity contribution in [1.29, 1.82) is 0 Å². The summed E-state index contributed by atoms with van der Waals surface area (Å²) < 4.78 is 0.877. The average Bonchev–Trinajstić information content (AvgIpc) is 3.10. The lowest BCUT2D eigenvalue weighted by atomic mass is 9.93. The summed E-state index contributed by atoms with van der Waals surface area (Å²) >= 11 is 3.36. The molecule has 0 fully saturated rings. The van der Waals surface area contributed by atoms with E-state index in [4.69, 9.17) is 0 Å². The van der Waals surface area contributed by atoms with E-state index in [1.807, 2.05) is 60.7 Å². The SMILES string of the molecule is CC1=NN(c2ccccc2)C(=O)C1/C(=N/NC(=O)c1ccc(Br)cc1)c1ccccc1. The number of para-hydroxylation sites is 1. The summed E-state index contributed by atoms with van der Waals surface area (Å²) in [7, 11) is 0. The predicted octanol–water partition coefficient (Wildman–Crippen LogP) is 4.62. The second-order valence-electron chi connectivity index (χ2n) is 6.97. The topological polar surface area (TPSA) is 74.1 Å². The van der Waals surface area contributed by atoms with Crippen LogP contribution in [0.3, 0.4) is 0 Å². The molecule has 1 unspecified atom stereocenters. The molecular formula is C24H19BrN4O2. The number of anilines is 1.